The molecule has 0 radical (unpaired) electrons. The molecular formula is C12H23N3O4. The predicted octanol–water partition coefficient (Wildman–Crippen LogP) is 0.454. The topological polar surface area (TPSA) is 108 Å². The molecule has 0 aliphatic rings. The molecule has 7 nitrogen and oxygen atoms in total. The molecule has 0 saturated heterocycles. The Bertz CT molecular complexity index is 346. The number of urea groups is 1. The third-order valence-electron chi connectivity index (χ3n) is 2.86. The van der Waals surface area contributed by atoms with Crippen molar-refractivity contribution in [1.29, 1.82) is 0 Å². The van der Waals surface area contributed by atoms with Gasteiger partial charge >= 0.3 is 12.0 Å². The molecule has 0 heterocycles. The van der Waals surface area contributed by atoms with Crippen molar-refractivity contribution in [2.75, 3.05) is 6.54 Å². The van der Waals surface area contributed by atoms with Crippen LogP contribution >= 0.6 is 0 Å². The molecular weight excluding hydrogens is 250 g/mol. The van der Waals surface area contributed by atoms with Gasteiger partial charge in [0.05, 0.1) is 0 Å². The van der Waals surface area contributed by atoms with Crippen molar-refractivity contribution in [3.8, 4) is 0 Å². The Morgan fingerprint density at radius 3 is 2.26 bits per heavy atom. The lowest BCUT2D eigenvalue weighted by Crippen LogP contribution is -2.57. The van der Waals surface area contributed by atoms with E-state index >= 15 is 0 Å². The Hall–Kier alpha value is -1.79. The van der Waals surface area contributed by atoms with E-state index in [-0.39, 0.29) is 12.3 Å². The van der Waals surface area contributed by atoms with Gasteiger partial charge in [-0.1, -0.05) is 13.8 Å². The fourth-order valence-corrected chi connectivity index (χ4v) is 1.24. The van der Waals surface area contributed by atoms with Crippen LogP contribution in [0.1, 0.15) is 40.5 Å². The van der Waals surface area contributed by atoms with Gasteiger partial charge in [0.15, 0.2) is 0 Å². The number of carboxylic acids is 1. The number of nitrogens with one attached hydrogen (secondary N) is 3. The van der Waals surface area contributed by atoms with Crippen LogP contribution in [0.25, 0.3) is 0 Å². The lowest BCUT2D eigenvalue weighted by molar-refractivity contribution is -0.143. The molecule has 19 heavy (non-hydrogen) atoms. The first kappa shape index (κ1) is 17.2. The molecule has 0 spiro atoms. The highest BCUT2D eigenvalue weighted by Crippen LogP contribution is 2.08. The zero-order chi connectivity index (χ0) is 15.1. The zero-order valence-electron chi connectivity index (χ0n) is 11.9. The van der Waals surface area contributed by atoms with E-state index in [0.29, 0.717) is 6.54 Å². The van der Waals surface area contributed by atoms with E-state index in [1.807, 2.05) is 6.92 Å². The Labute approximate surface area is 113 Å². The van der Waals surface area contributed by atoms with Crippen molar-refractivity contribution in [1.82, 2.24) is 16.0 Å². The standard InChI is InChI=1S/C12H23N3O4/c1-5-7-13-9(16)8(3)14-11(19)15-12(4,6-2)10(17)18/h8H,5-7H2,1-4H3,(H,13,16)(H,17,18)(H2,14,15,19). The number of aliphatic carboxylic acids is 1. The maximum atomic E-state index is 11.6. The molecule has 7 heteroatoms. The SMILES string of the molecule is CCCNC(=O)C(C)NC(=O)NC(C)(CC)C(=O)O. The van der Waals surface area contributed by atoms with Gasteiger partial charge in [-0.15, -0.1) is 0 Å². The molecule has 0 aromatic heterocycles. The van der Waals surface area contributed by atoms with E-state index in [0.717, 1.165) is 6.42 Å². The summed E-state index contributed by atoms with van der Waals surface area (Å²) in [6.45, 7) is 7.07. The van der Waals surface area contributed by atoms with Gasteiger partial charge in [-0.2, -0.15) is 0 Å². The van der Waals surface area contributed by atoms with E-state index in [2.05, 4.69) is 16.0 Å². The van der Waals surface area contributed by atoms with Crippen LogP contribution in [-0.4, -0.2) is 41.1 Å². The summed E-state index contributed by atoms with van der Waals surface area (Å²) in [6.07, 6.45) is 1.05. The molecule has 4 N–H and O–H groups in total. The third-order valence-corrected chi connectivity index (χ3v) is 2.86. The summed E-state index contributed by atoms with van der Waals surface area (Å²) >= 11 is 0. The second-order valence-electron chi connectivity index (χ2n) is 4.60. The number of carboxylic acid groups (broad SMARTS) is 1. The van der Waals surface area contributed by atoms with Gasteiger partial charge in [0.2, 0.25) is 5.91 Å². The molecule has 0 aromatic rings. The number of hydrogen-bond acceptors (Lipinski definition) is 3. The van der Waals surface area contributed by atoms with Crippen molar-refractivity contribution in [2.45, 2.75) is 52.1 Å². The van der Waals surface area contributed by atoms with Gasteiger partial charge in [0.25, 0.3) is 0 Å². The average molecular weight is 273 g/mol. The Balaban J connectivity index is 4.38. The normalized spacial score (nSPS) is 14.9. The largest absolute Gasteiger partial charge is 0.480 e. The summed E-state index contributed by atoms with van der Waals surface area (Å²) in [5.74, 6) is -1.42. The lowest BCUT2D eigenvalue weighted by atomic mass is 10.00. The monoisotopic (exact) mass is 273 g/mol. The molecule has 0 aliphatic carbocycles. The van der Waals surface area contributed by atoms with Crippen LogP contribution in [-0.2, 0) is 9.59 Å². The van der Waals surface area contributed by atoms with Crippen molar-refractivity contribution >= 4 is 17.9 Å². The van der Waals surface area contributed by atoms with Crippen molar-refractivity contribution in [2.24, 2.45) is 0 Å². The average Bonchev–Trinajstić information content (AvgIpc) is 2.34. The van der Waals surface area contributed by atoms with Gasteiger partial charge in [-0.05, 0) is 26.7 Å². The van der Waals surface area contributed by atoms with Crippen LogP contribution in [0.5, 0.6) is 0 Å². The minimum Gasteiger partial charge on any atom is -0.480 e. The Morgan fingerprint density at radius 2 is 1.84 bits per heavy atom. The maximum Gasteiger partial charge on any atom is 0.329 e. The highest BCUT2D eigenvalue weighted by atomic mass is 16.4. The van der Waals surface area contributed by atoms with Gasteiger partial charge in [-0.3, -0.25) is 4.79 Å². The third kappa shape index (κ3) is 5.58. The van der Waals surface area contributed by atoms with Crippen molar-refractivity contribution < 1.29 is 19.5 Å². The second kappa shape index (κ2) is 7.60. The van der Waals surface area contributed by atoms with Gasteiger partial charge < -0.3 is 21.1 Å². The minimum absolute atomic E-state index is 0.242. The summed E-state index contributed by atoms with van der Waals surface area (Å²) < 4.78 is 0. The highest BCUT2D eigenvalue weighted by Gasteiger charge is 2.33. The van der Waals surface area contributed by atoms with E-state index in [1.165, 1.54) is 13.8 Å². The van der Waals surface area contributed by atoms with E-state index in [4.69, 9.17) is 5.11 Å². The van der Waals surface area contributed by atoms with E-state index in [1.54, 1.807) is 6.92 Å². The first-order valence-corrected chi connectivity index (χ1v) is 6.36. The number of hydrogen-bond donors (Lipinski definition) is 4. The van der Waals surface area contributed by atoms with Crippen LogP contribution in [0.4, 0.5) is 4.79 Å². The molecule has 0 bridgehead atoms. The molecule has 0 aromatic carbocycles. The molecule has 2 atom stereocenters. The van der Waals surface area contributed by atoms with E-state index in [9.17, 15) is 14.4 Å². The maximum absolute atomic E-state index is 11.6. The first-order chi connectivity index (χ1) is 8.76. The highest BCUT2D eigenvalue weighted by molar-refractivity contribution is 5.89. The molecule has 3 amide bonds. The van der Waals surface area contributed by atoms with Gasteiger partial charge in [-0.25, -0.2) is 9.59 Å². The quantitative estimate of drug-likeness (QED) is 0.540. The lowest BCUT2D eigenvalue weighted by Gasteiger charge is -2.25. The predicted molar refractivity (Wildman–Crippen MR) is 70.8 cm³/mol. The smallest absolute Gasteiger partial charge is 0.329 e. The molecule has 0 fully saturated rings. The van der Waals surface area contributed by atoms with Crippen LogP contribution in [0, 0.1) is 0 Å². The van der Waals surface area contributed by atoms with Crippen LogP contribution in [0.2, 0.25) is 0 Å². The first-order valence-electron chi connectivity index (χ1n) is 6.36. The summed E-state index contributed by atoms with van der Waals surface area (Å²) in [5, 5.41) is 16.4. The summed E-state index contributed by atoms with van der Waals surface area (Å²) in [6, 6.07) is -1.40. The van der Waals surface area contributed by atoms with Crippen molar-refractivity contribution in [3.63, 3.8) is 0 Å². The van der Waals surface area contributed by atoms with E-state index < -0.39 is 23.6 Å². The fourth-order valence-electron chi connectivity index (χ4n) is 1.24. The Kier molecular flexibility index (Phi) is 6.89. The van der Waals surface area contributed by atoms with Crippen LogP contribution in [0.3, 0.4) is 0 Å². The van der Waals surface area contributed by atoms with Crippen LogP contribution in [0.15, 0.2) is 0 Å². The fraction of sp³-hybridized carbons (Fsp3) is 0.750. The van der Waals surface area contributed by atoms with Crippen molar-refractivity contribution in [3.05, 3.63) is 0 Å². The molecule has 2 unspecified atom stereocenters. The molecule has 0 rings (SSSR count). The molecule has 110 valence electrons. The molecule has 0 aliphatic heterocycles. The number of carbonyl (C=O) groups excluding carboxylic acids is 2. The number of rotatable bonds is 7. The summed E-state index contributed by atoms with van der Waals surface area (Å²) in [4.78, 5) is 34.2. The van der Waals surface area contributed by atoms with Gasteiger partial charge in [0, 0.05) is 6.54 Å². The zero-order valence-corrected chi connectivity index (χ0v) is 11.9. The number of carbonyl (C=O) groups is 3. The number of amides is 3. The van der Waals surface area contributed by atoms with Gasteiger partial charge in [0.1, 0.15) is 11.6 Å². The minimum atomic E-state index is -1.34. The summed E-state index contributed by atoms with van der Waals surface area (Å²) in [5.41, 5.74) is -1.34. The summed E-state index contributed by atoms with van der Waals surface area (Å²) in [7, 11) is 0. The second-order valence-corrected chi connectivity index (χ2v) is 4.60. The Morgan fingerprint density at radius 1 is 1.26 bits per heavy atom. The van der Waals surface area contributed by atoms with Crippen LogP contribution < -0.4 is 16.0 Å². The molecule has 0 saturated carbocycles.